The Kier molecular flexibility index (Phi) is 7.62. The number of aliphatic imine (C=N–C) groups is 1. The van der Waals surface area contributed by atoms with Crippen LogP contribution in [0.25, 0.3) is 6.08 Å². The molecular formula is C28H23BrN4O4S. The van der Waals surface area contributed by atoms with Crippen molar-refractivity contribution in [3.05, 3.63) is 93.5 Å². The Labute approximate surface area is 232 Å². The average molecular weight is 591 g/mol. The Morgan fingerprint density at radius 2 is 1.79 bits per heavy atom. The zero-order valence-corrected chi connectivity index (χ0v) is 23.0. The Hall–Kier alpha value is -3.89. The van der Waals surface area contributed by atoms with Gasteiger partial charge in [-0.2, -0.15) is 15.1 Å². The van der Waals surface area contributed by atoms with Gasteiger partial charge in [0.15, 0.2) is 17.3 Å². The summed E-state index contributed by atoms with van der Waals surface area (Å²) in [6.45, 7) is 2.67. The van der Waals surface area contributed by atoms with Gasteiger partial charge in [0.1, 0.15) is 24.0 Å². The van der Waals surface area contributed by atoms with Crippen molar-refractivity contribution >= 4 is 55.7 Å². The number of rotatable bonds is 8. The van der Waals surface area contributed by atoms with Crippen LogP contribution in [0.5, 0.6) is 17.2 Å². The number of methoxy groups -OCH3 is 1. The van der Waals surface area contributed by atoms with E-state index in [1.165, 1.54) is 16.8 Å². The number of carbonyl (C=O) groups excluding carboxylic acids is 1. The summed E-state index contributed by atoms with van der Waals surface area (Å²) >= 11 is 4.81. The van der Waals surface area contributed by atoms with Gasteiger partial charge in [0.25, 0.3) is 5.91 Å². The molecule has 3 aromatic carbocycles. The largest absolute Gasteiger partial charge is 0.493 e. The molecule has 0 aliphatic carbocycles. The number of fused-ring (bicyclic) bond motifs is 1. The number of aryl methyl sites for hydroxylation is 1. The molecule has 0 saturated carbocycles. The molecule has 192 valence electrons. The molecule has 0 saturated heterocycles. The lowest BCUT2D eigenvalue weighted by Crippen LogP contribution is -2.35. The van der Waals surface area contributed by atoms with E-state index in [0.29, 0.717) is 45.0 Å². The fourth-order valence-corrected chi connectivity index (χ4v) is 5.23. The number of para-hydroxylation sites is 1. The molecule has 2 aliphatic heterocycles. The molecule has 0 unspecified atom stereocenters. The van der Waals surface area contributed by atoms with E-state index >= 15 is 0 Å². The van der Waals surface area contributed by atoms with Crippen LogP contribution in [-0.4, -0.2) is 47.3 Å². The van der Waals surface area contributed by atoms with Gasteiger partial charge in [-0.05, 0) is 70.5 Å². The van der Waals surface area contributed by atoms with E-state index in [-0.39, 0.29) is 11.4 Å². The highest BCUT2D eigenvalue weighted by atomic mass is 79.9. The van der Waals surface area contributed by atoms with Gasteiger partial charge in [-0.1, -0.05) is 48.0 Å². The van der Waals surface area contributed by atoms with Crippen molar-refractivity contribution in [2.24, 2.45) is 10.1 Å². The van der Waals surface area contributed by atoms with Crippen molar-refractivity contribution in [1.29, 1.82) is 5.41 Å². The number of carbonyl (C=O) groups is 1. The zero-order valence-electron chi connectivity index (χ0n) is 20.6. The second-order valence-electron chi connectivity index (χ2n) is 8.34. The van der Waals surface area contributed by atoms with Crippen molar-refractivity contribution in [3.63, 3.8) is 0 Å². The molecule has 38 heavy (non-hydrogen) atoms. The highest BCUT2D eigenvalue weighted by Gasteiger charge is 2.36. The normalized spacial score (nSPS) is 15.8. The molecule has 3 aromatic rings. The van der Waals surface area contributed by atoms with Gasteiger partial charge < -0.3 is 14.2 Å². The van der Waals surface area contributed by atoms with Crippen molar-refractivity contribution in [2.45, 2.75) is 6.92 Å². The van der Waals surface area contributed by atoms with E-state index in [1.807, 2.05) is 61.5 Å². The molecule has 1 amide bonds. The summed E-state index contributed by atoms with van der Waals surface area (Å²) in [5.74, 6) is 1.22. The predicted molar refractivity (Wildman–Crippen MR) is 153 cm³/mol. The van der Waals surface area contributed by atoms with Gasteiger partial charge in [-0.25, -0.2) is 0 Å². The predicted octanol–water partition coefficient (Wildman–Crippen LogP) is 5.89. The second-order valence-corrected chi connectivity index (χ2v) is 10.1. The van der Waals surface area contributed by atoms with Gasteiger partial charge in [0, 0.05) is 5.56 Å². The maximum atomic E-state index is 12.9. The first-order valence-corrected chi connectivity index (χ1v) is 13.3. The molecule has 10 heteroatoms. The smallest absolute Gasteiger partial charge is 0.283 e. The Bertz CT molecular complexity index is 1490. The lowest BCUT2D eigenvalue weighted by Gasteiger charge is -2.20. The second kappa shape index (κ2) is 11.2. The molecule has 0 aromatic heterocycles. The number of thioether (sulfide) groups is 1. The number of hydrogen-bond acceptors (Lipinski definition) is 7. The van der Waals surface area contributed by atoms with Crippen LogP contribution in [0.15, 0.2) is 86.9 Å². The lowest BCUT2D eigenvalue weighted by atomic mass is 10.1. The summed E-state index contributed by atoms with van der Waals surface area (Å²) in [5, 5.41) is 15.7. The molecule has 0 atom stereocenters. The molecule has 2 heterocycles. The Morgan fingerprint density at radius 1 is 1.05 bits per heavy atom. The molecule has 0 radical (unpaired) electrons. The molecule has 5 rings (SSSR count). The summed E-state index contributed by atoms with van der Waals surface area (Å²) in [5.41, 5.74) is 2.81. The summed E-state index contributed by atoms with van der Waals surface area (Å²) in [6.07, 6.45) is 1.60. The highest BCUT2D eigenvalue weighted by Crippen LogP contribution is 2.38. The minimum atomic E-state index is -0.498. The molecular weight excluding hydrogens is 568 g/mol. The van der Waals surface area contributed by atoms with Crippen molar-refractivity contribution < 1.29 is 19.0 Å². The van der Waals surface area contributed by atoms with Crippen molar-refractivity contribution in [1.82, 2.24) is 5.01 Å². The molecule has 0 bridgehead atoms. The molecule has 8 nitrogen and oxygen atoms in total. The van der Waals surface area contributed by atoms with Gasteiger partial charge in [0.2, 0.25) is 5.17 Å². The minimum Gasteiger partial charge on any atom is -0.493 e. The number of amidine groups is 2. The molecule has 2 aliphatic rings. The number of amides is 1. The first-order valence-electron chi connectivity index (χ1n) is 11.7. The van der Waals surface area contributed by atoms with E-state index in [9.17, 15) is 4.79 Å². The van der Waals surface area contributed by atoms with Crippen LogP contribution in [0.2, 0.25) is 0 Å². The number of nitrogens with zero attached hydrogens (tertiary/aromatic N) is 3. The maximum Gasteiger partial charge on any atom is 0.283 e. The third-order valence-corrected chi connectivity index (χ3v) is 7.20. The summed E-state index contributed by atoms with van der Waals surface area (Å²) < 4.78 is 17.8. The third-order valence-electron chi connectivity index (χ3n) is 5.66. The number of benzene rings is 3. The quantitative estimate of drug-likeness (QED) is 0.259. The van der Waals surface area contributed by atoms with Crippen LogP contribution in [0.3, 0.4) is 0 Å². The fourth-order valence-electron chi connectivity index (χ4n) is 3.75. The molecule has 0 fully saturated rings. The van der Waals surface area contributed by atoms with Crippen LogP contribution < -0.4 is 14.2 Å². The van der Waals surface area contributed by atoms with Crippen LogP contribution in [0.4, 0.5) is 0 Å². The standard InChI is InChI=1S/C28H23BrN4O4S/c1-17-8-10-19(11-9-17)27-32-33-25(30)21(26(34)31-28(33)38-27)14-18-15-22(29)24(23(16-18)35-2)37-13-12-36-20-6-4-3-5-7-20/h3-11,14-16,30H,12-13H2,1-2H3. The number of hydrogen-bond donors (Lipinski definition) is 1. The minimum absolute atomic E-state index is 0.0388. The highest BCUT2D eigenvalue weighted by molar-refractivity contribution is 9.10. The van der Waals surface area contributed by atoms with Crippen molar-refractivity contribution in [2.75, 3.05) is 20.3 Å². The summed E-state index contributed by atoms with van der Waals surface area (Å²) in [7, 11) is 1.54. The van der Waals surface area contributed by atoms with Crippen LogP contribution in [-0.2, 0) is 4.79 Å². The number of hydrazone groups is 1. The van der Waals surface area contributed by atoms with Gasteiger partial charge in [-0.3, -0.25) is 10.2 Å². The topological polar surface area (TPSA) is 96.6 Å². The fraction of sp³-hybridized carbons (Fsp3) is 0.143. The first-order chi connectivity index (χ1) is 18.4. The van der Waals surface area contributed by atoms with Crippen LogP contribution in [0, 0.1) is 12.3 Å². The Balaban J connectivity index is 1.33. The first kappa shape index (κ1) is 25.7. The number of nitrogens with one attached hydrogen (secondary N) is 1. The van der Waals surface area contributed by atoms with Gasteiger partial charge >= 0.3 is 0 Å². The van der Waals surface area contributed by atoms with E-state index in [1.54, 1.807) is 25.3 Å². The maximum absolute atomic E-state index is 12.9. The SMILES string of the molecule is COc1cc(C=C2C(=N)N3N=C(c4ccc(C)cc4)SC3=NC2=O)cc(Br)c1OCCOc1ccccc1. The van der Waals surface area contributed by atoms with Gasteiger partial charge in [-0.15, -0.1) is 0 Å². The number of ether oxygens (including phenoxy) is 3. The zero-order chi connectivity index (χ0) is 26.6. The van der Waals surface area contributed by atoms with Crippen molar-refractivity contribution in [3.8, 4) is 17.2 Å². The van der Waals surface area contributed by atoms with E-state index < -0.39 is 5.91 Å². The Morgan fingerprint density at radius 3 is 2.53 bits per heavy atom. The summed E-state index contributed by atoms with van der Waals surface area (Å²) in [6, 6.07) is 20.9. The average Bonchev–Trinajstić information content (AvgIpc) is 3.34. The van der Waals surface area contributed by atoms with E-state index in [4.69, 9.17) is 19.6 Å². The van der Waals surface area contributed by atoms with Crippen LogP contribution in [0.1, 0.15) is 16.7 Å². The van der Waals surface area contributed by atoms with Gasteiger partial charge in [0.05, 0.1) is 17.2 Å². The van der Waals surface area contributed by atoms with E-state index in [0.717, 1.165) is 16.9 Å². The monoisotopic (exact) mass is 590 g/mol. The molecule has 0 spiro atoms. The third kappa shape index (κ3) is 5.51. The van der Waals surface area contributed by atoms with E-state index in [2.05, 4.69) is 26.0 Å². The lowest BCUT2D eigenvalue weighted by molar-refractivity contribution is -0.114. The van der Waals surface area contributed by atoms with Crippen LogP contribution >= 0.6 is 27.7 Å². The summed E-state index contributed by atoms with van der Waals surface area (Å²) in [4.78, 5) is 17.1. The molecule has 1 N–H and O–H groups in total. The number of halogens is 1.